The Hall–Kier alpha value is -2.89. The summed E-state index contributed by atoms with van der Waals surface area (Å²) in [5.41, 5.74) is 14.6. The predicted molar refractivity (Wildman–Crippen MR) is 92.5 cm³/mol. The van der Waals surface area contributed by atoms with Crippen LogP contribution < -0.4 is 33.2 Å². The molecular formula is C14H28N6O6. The van der Waals surface area contributed by atoms with Gasteiger partial charge in [-0.2, -0.15) is 0 Å². The molecule has 0 aliphatic heterocycles. The van der Waals surface area contributed by atoms with Crippen LogP contribution in [0.3, 0.4) is 0 Å². The molecule has 0 aromatic rings. The van der Waals surface area contributed by atoms with Crippen molar-refractivity contribution in [1.82, 2.24) is 16.0 Å². The van der Waals surface area contributed by atoms with Crippen molar-refractivity contribution in [3.05, 3.63) is 0 Å². The molecule has 5 amide bonds. The topological polar surface area (TPSA) is 220 Å². The van der Waals surface area contributed by atoms with Gasteiger partial charge >= 0.3 is 12.0 Å². The van der Waals surface area contributed by atoms with Crippen LogP contribution in [-0.2, 0) is 19.2 Å². The second-order valence-corrected chi connectivity index (χ2v) is 5.29. The molecule has 10 N–H and O–H groups in total. The van der Waals surface area contributed by atoms with Gasteiger partial charge < -0.3 is 38.3 Å². The molecule has 0 heterocycles. The molecule has 0 saturated carbocycles. The summed E-state index contributed by atoms with van der Waals surface area (Å²) in [5.74, 6) is -1.98. The van der Waals surface area contributed by atoms with Gasteiger partial charge in [-0.1, -0.05) is 0 Å². The quantitative estimate of drug-likeness (QED) is 0.150. The number of hydrogen-bond acceptors (Lipinski definition) is 6. The minimum Gasteiger partial charge on any atom is -0.481 e. The Morgan fingerprint density at radius 3 is 2.23 bits per heavy atom. The number of primary amides is 2. The molecule has 0 aromatic carbocycles. The predicted octanol–water partition coefficient (Wildman–Crippen LogP) is -2.65. The molecule has 0 aliphatic rings. The third kappa shape index (κ3) is 17.5. The van der Waals surface area contributed by atoms with E-state index in [-0.39, 0.29) is 37.7 Å². The number of aliphatic carboxylic acids is 1. The van der Waals surface area contributed by atoms with Crippen molar-refractivity contribution in [2.24, 2.45) is 17.2 Å². The standard InChI is InChI=1S/C13H25N5O5.CH3NO/c1-8(3-2-6-16-13(15)23)18-10(19)7-17-12(22)9(14)4-5-11(20)21;2-1-3/h8-9H,2-7,14H2,1H3,(H,17,22)(H,18,19)(H,20,21)(H3,15,16,23);1H,(H2,2,3). The van der Waals surface area contributed by atoms with Crippen LogP contribution in [0.1, 0.15) is 32.6 Å². The van der Waals surface area contributed by atoms with Gasteiger partial charge in [-0.15, -0.1) is 0 Å². The first kappa shape index (κ1) is 25.4. The smallest absolute Gasteiger partial charge is 0.312 e. The normalized spacial score (nSPS) is 11.8. The van der Waals surface area contributed by atoms with Gasteiger partial charge in [0.25, 0.3) is 0 Å². The zero-order chi connectivity index (χ0) is 20.5. The van der Waals surface area contributed by atoms with Gasteiger partial charge in [-0.05, 0) is 26.2 Å². The van der Waals surface area contributed by atoms with Crippen LogP contribution in [0.2, 0.25) is 0 Å². The highest BCUT2D eigenvalue weighted by molar-refractivity contribution is 5.87. The maximum atomic E-state index is 11.6. The van der Waals surface area contributed by atoms with E-state index in [1.54, 1.807) is 6.92 Å². The van der Waals surface area contributed by atoms with Crippen molar-refractivity contribution in [2.45, 2.75) is 44.7 Å². The summed E-state index contributed by atoms with van der Waals surface area (Å²) >= 11 is 0. The van der Waals surface area contributed by atoms with Crippen molar-refractivity contribution in [2.75, 3.05) is 13.1 Å². The van der Waals surface area contributed by atoms with Crippen LogP contribution in [0, 0.1) is 0 Å². The summed E-state index contributed by atoms with van der Waals surface area (Å²) in [7, 11) is 0. The van der Waals surface area contributed by atoms with Crippen LogP contribution in [0.4, 0.5) is 4.79 Å². The van der Waals surface area contributed by atoms with Crippen LogP contribution >= 0.6 is 0 Å². The molecule has 0 spiro atoms. The summed E-state index contributed by atoms with van der Waals surface area (Å²) in [4.78, 5) is 52.6. The molecule has 0 fully saturated rings. The van der Waals surface area contributed by atoms with E-state index in [9.17, 15) is 19.2 Å². The summed E-state index contributed by atoms with van der Waals surface area (Å²) in [6, 6.07) is -1.69. The SMILES string of the molecule is CC(CCCNC(N)=O)NC(=O)CNC(=O)C(N)CCC(=O)O.NC=O. The summed E-state index contributed by atoms with van der Waals surface area (Å²) in [6.07, 6.45) is 1.33. The molecular weight excluding hydrogens is 348 g/mol. The number of nitrogens with one attached hydrogen (secondary N) is 3. The number of rotatable bonds is 11. The van der Waals surface area contributed by atoms with E-state index in [0.29, 0.717) is 19.4 Å². The van der Waals surface area contributed by atoms with E-state index >= 15 is 0 Å². The molecule has 0 aromatic heterocycles. The van der Waals surface area contributed by atoms with Gasteiger partial charge in [-0.3, -0.25) is 19.2 Å². The Morgan fingerprint density at radius 1 is 1.15 bits per heavy atom. The van der Waals surface area contributed by atoms with E-state index in [1.807, 2.05) is 0 Å². The molecule has 0 bridgehead atoms. The van der Waals surface area contributed by atoms with E-state index in [4.69, 9.17) is 21.4 Å². The Morgan fingerprint density at radius 2 is 1.73 bits per heavy atom. The van der Waals surface area contributed by atoms with Crippen LogP contribution in [0.25, 0.3) is 0 Å². The fourth-order valence-corrected chi connectivity index (χ4v) is 1.73. The van der Waals surface area contributed by atoms with Crippen LogP contribution in [-0.4, -0.2) is 60.5 Å². The maximum absolute atomic E-state index is 11.6. The fraction of sp³-hybridized carbons (Fsp3) is 0.643. The average Bonchev–Trinajstić information content (AvgIpc) is 2.54. The lowest BCUT2D eigenvalue weighted by Gasteiger charge is -2.15. The Bertz CT molecular complexity index is 473. The number of carbonyl (C=O) groups is 5. The van der Waals surface area contributed by atoms with E-state index in [2.05, 4.69) is 21.7 Å². The lowest BCUT2D eigenvalue weighted by molar-refractivity contribution is -0.137. The van der Waals surface area contributed by atoms with Gasteiger partial charge in [-0.25, -0.2) is 4.79 Å². The first-order valence-corrected chi connectivity index (χ1v) is 7.87. The van der Waals surface area contributed by atoms with Crippen molar-refractivity contribution in [1.29, 1.82) is 0 Å². The Balaban J connectivity index is 0. The monoisotopic (exact) mass is 376 g/mol. The lowest BCUT2D eigenvalue weighted by atomic mass is 10.1. The van der Waals surface area contributed by atoms with Gasteiger partial charge in [0.15, 0.2) is 0 Å². The van der Waals surface area contributed by atoms with Crippen molar-refractivity contribution in [3.63, 3.8) is 0 Å². The third-order valence-electron chi connectivity index (χ3n) is 2.95. The maximum Gasteiger partial charge on any atom is 0.312 e. The molecule has 0 saturated heterocycles. The zero-order valence-corrected chi connectivity index (χ0v) is 14.7. The second-order valence-electron chi connectivity index (χ2n) is 5.29. The summed E-state index contributed by atoms with van der Waals surface area (Å²) in [5, 5.41) is 16.0. The second kappa shape index (κ2) is 15.6. The van der Waals surface area contributed by atoms with Crippen LogP contribution in [0.5, 0.6) is 0 Å². The highest BCUT2D eigenvalue weighted by Crippen LogP contribution is 1.96. The van der Waals surface area contributed by atoms with Gasteiger partial charge in [0, 0.05) is 19.0 Å². The molecule has 0 rings (SSSR count). The van der Waals surface area contributed by atoms with E-state index in [1.165, 1.54) is 0 Å². The number of hydrogen-bond donors (Lipinski definition) is 7. The van der Waals surface area contributed by atoms with Crippen LogP contribution in [0.15, 0.2) is 0 Å². The molecule has 12 heteroatoms. The number of carbonyl (C=O) groups excluding carboxylic acids is 4. The minimum absolute atomic E-state index is 0.00600. The highest BCUT2D eigenvalue weighted by atomic mass is 16.4. The molecule has 12 nitrogen and oxygen atoms in total. The van der Waals surface area contributed by atoms with Crippen molar-refractivity contribution >= 4 is 30.2 Å². The highest BCUT2D eigenvalue weighted by Gasteiger charge is 2.16. The Labute approximate surface area is 151 Å². The fourth-order valence-electron chi connectivity index (χ4n) is 1.73. The summed E-state index contributed by atoms with van der Waals surface area (Å²) < 4.78 is 0. The average molecular weight is 376 g/mol. The molecule has 0 radical (unpaired) electrons. The molecule has 150 valence electrons. The summed E-state index contributed by atoms with van der Waals surface area (Å²) in [6.45, 7) is 1.98. The molecule has 2 atom stereocenters. The zero-order valence-electron chi connectivity index (χ0n) is 14.7. The first-order chi connectivity index (χ1) is 12.1. The number of carboxylic acid groups (broad SMARTS) is 1. The first-order valence-electron chi connectivity index (χ1n) is 7.87. The third-order valence-corrected chi connectivity index (χ3v) is 2.95. The van der Waals surface area contributed by atoms with Gasteiger partial charge in [0.05, 0.1) is 12.6 Å². The number of carboxylic acids is 1. The van der Waals surface area contributed by atoms with Crippen molar-refractivity contribution in [3.8, 4) is 0 Å². The largest absolute Gasteiger partial charge is 0.481 e. The number of urea groups is 1. The Kier molecular flexibility index (Phi) is 15.2. The lowest BCUT2D eigenvalue weighted by Crippen LogP contribution is -2.46. The van der Waals surface area contributed by atoms with E-state index in [0.717, 1.165) is 0 Å². The van der Waals surface area contributed by atoms with Gasteiger partial charge in [0.2, 0.25) is 18.2 Å². The number of nitrogens with two attached hydrogens (primary N) is 3. The molecule has 26 heavy (non-hydrogen) atoms. The molecule has 2 unspecified atom stereocenters. The number of amides is 5. The molecule has 0 aliphatic carbocycles. The van der Waals surface area contributed by atoms with Gasteiger partial charge in [0.1, 0.15) is 0 Å². The minimum atomic E-state index is -1.04. The van der Waals surface area contributed by atoms with Crippen molar-refractivity contribution < 1.29 is 29.1 Å². The van der Waals surface area contributed by atoms with E-state index < -0.39 is 23.9 Å².